The highest BCUT2D eigenvalue weighted by Crippen LogP contribution is 2.46. The quantitative estimate of drug-likeness (QED) is 0.675. The number of ether oxygens (including phenoxy) is 1. The van der Waals surface area contributed by atoms with Gasteiger partial charge in [-0.05, 0) is 35.0 Å². The average Bonchev–Trinajstić information content (AvgIpc) is 2.59. The molecule has 5 nitrogen and oxygen atoms in total. The lowest BCUT2D eigenvalue weighted by molar-refractivity contribution is -0.114. The maximum atomic E-state index is 9.84. The minimum atomic E-state index is -2.09. The zero-order valence-electron chi connectivity index (χ0n) is 17.8. The standard InChI is InChI=1S/C21H35N3O2Si/c1-13(2)27(14(3)4,15(5)6)26-21-16(7)10-19(25-20(21)11-22)17-8-9-24-12-18(17)23/h8-9,12-16,19-21H,10,23H2,1-7H3/t16-,19-,20-,21+/m1/s1. The molecule has 0 aliphatic carbocycles. The van der Waals surface area contributed by atoms with Gasteiger partial charge in [0.2, 0.25) is 8.32 Å². The van der Waals surface area contributed by atoms with E-state index in [-0.39, 0.29) is 18.1 Å². The minimum absolute atomic E-state index is 0.194. The Morgan fingerprint density at radius 1 is 1.22 bits per heavy atom. The van der Waals surface area contributed by atoms with Crippen molar-refractivity contribution >= 4 is 14.0 Å². The van der Waals surface area contributed by atoms with Gasteiger partial charge in [-0.3, -0.25) is 4.98 Å². The number of nitrogens with two attached hydrogens (primary N) is 1. The first-order valence-corrected chi connectivity index (χ1v) is 12.2. The van der Waals surface area contributed by atoms with E-state index in [9.17, 15) is 5.26 Å². The van der Waals surface area contributed by atoms with Crippen LogP contribution in [0.3, 0.4) is 0 Å². The van der Waals surface area contributed by atoms with Gasteiger partial charge in [-0.2, -0.15) is 5.26 Å². The first-order valence-electron chi connectivity index (χ1n) is 10.1. The van der Waals surface area contributed by atoms with Gasteiger partial charge in [0.15, 0.2) is 6.10 Å². The molecule has 1 aromatic heterocycles. The molecular weight excluding hydrogens is 354 g/mol. The van der Waals surface area contributed by atoms with Crippen LogP contribution in [0.2, 0.25) is 16.6 Å². The predicted molar refractivity (Wildman–Crippen MR) is 112 cm³/mol. The smallest absolute Gasteiger partial charge is 0.200 e. The molecule has 1 fully saturated rings. The lowest BCUT2D eigenvalue weighted by Crippen LogP contribution is -2.55. The van der Waals surface area contributed by atoms with Crippen molar-refractivity contribution in [2.45, 2.75) is 89.8 Å². The molecule has 0 bridgehead atoms. The van der Waals surface area contributed by atoms with Crippen LogP contribution in [0.4, 0.5) is 5.69 Å². The van der Waals surface area contributed by atoms with E-state index >= 15 is 0 Å². The SMILES string of the molecule is CC(C)[Si](O[C@H]1[C@H](C)C[C@H](c2ccncc2N)O[C@@H]1C#N)(C(C)C)C(C)C. The Kier molecular flexibility index (Phi) is 7.07. The van der Waals surface area contributed by atoms with Gasteiger partial charge in [-0.25, -0.2) is 0 Å². The van der Waals surface area contributed by atoms with Crippen LogP contribution >= 0.6 is 0 Å². The van der Waals surface area contributed by atoms with Crippen molar-refractivity contribution in [2.75, 3.05) is 5.73 Å². The summed E-state index contributed by atoms with van der Waals surface area (Å²) < 4.78 is 13.1. The van der Waals surface area contributed by atoms with Gasteiger partial charge in [0.05, 0.1) is 30.2 Å². The summed E-state index contributed by atoms with van der Waals surface area (Å²) in [5.41, 5.74) is 9.02. The van der Waals surface area contributed by atoms with E-state index in [4.69, 9.17) is 14.9 Å². The third-order valence-corrected chi connectivity index (χ3v) is 12.3. The van der Waals surface area contributed by atoms with Crippen molar-refractivity contribution in [3.05, 3.63) is 24.0 Å². The van der Waals surface area contributed by atoms with Crippen molar-refractivity contribution in [1.82, 2.24) is 4.98 Å². The summed E-state index contributed by atoms with van der Waals surface area (Å²) in [5, 5.41) is 9.84. The molecule has 6 heteroatoms. The third-order valence-electron chi connectivity index (χ3n) is 6.16. The van der Waals surface area contributed by atoms with Gasteiger partial charge in [-0.1, -0.05) is 48.5 Å². The van der Waals surface area contributed by atoms with E-state index in [2.05, 4.69) is 59.5 Å². The van der Waals surface area contributed by atoms with Crippen LogP contribution in [0, 0.1) is 17.2 Å². The first-order chi connectivity index (χ1) is 12.6. The van der Waals surface area contributed by atoms with Gasteiger partial charge in [-0.15, -0.1) is 0 Å². The van der Waals surface area contributed by atoms with Gasteiger partial charge >= 0.3 is 0 Å². The summed E-state index contributed by atoms with van der Waals surface area (Å²) in [7, 11) is -2.09. The molecule has 1 aromatic rings. The van der Waals surface area contributed by atoms with E-state index in [1.807, 2.05) is 6.07 Å². The molecule has 0 spiro atoms. The molecule has 0 saturated carbocycles. The normalized spacial score (nSPS) is 26.6. The Morgan fingerprint density at radius 3 is 2.30 bits per heavy atom. The Labute approximate surface area is 165 Å². The maximum absolute atomic E-state index is 9.84. The zero-order chi connectivity index (χ0) is 20.4. The molecule has 150 valence electrons. The Balaban J connectivity index is 2.31. The summed E-state index contributed by atoms with van der Waals surface area (Å²) in [5.74, 6) is 0.212. The molecule has 0 aromatic carbocycles. The fraction of sp³-hybridized carbons (Fsp3) is 0.714. The van der Waals surface area contributed by atoms with Crippen molar-refractivity contribution in [1.29, 1.82) is 5.26 Å². The molecule has 1 aliphatic rings. The summed E-state index contributed by atoms with van der Waals surface area (Å²) >= 11 is 0. The van der Waals surface area contributed by atoms with Gasteiger partial charge in [0.25, 0.3) is 0 Å². The van der Waals surface area contributed by atoms with Crippen molar-refractivity contribution in [2.24, 2.45) is 5.92 Å². The summed E-state index contributed by atoms with van der Waals surface area (Å²) in [6, 6.07) is 4.25. The molecule has 0 radical (unpaired) electrons. The number of pyridine rings is 1. The maximum Gasteiger partial charge on any atom is 0.200 e. The first kappa shape index (κ1) is 21.9. The number of nitrogens with zero attached hydrogens (tertiary/aromatic N) is 2. The van der Waals surface area contributed by atoms with Crippen molar-refractivity contribution in [3.8, 4) is 6.07 Å². The van der Waals surface area contributed by atoms with Crippen LogP contribution in [0.25, 0.3) is 0 Å². The van der Waals surface area contributed by atoms with Crippen molar-refractivity contribution in [3.63, 3.8) is 0 Å². The number of anilines is 1. The highest BCUT2D eigenvalue weighted by Gasteiger charge is 2.50. The van der Waals surface area contributed by atoms with Crippen LogP contribution in [0.5, 0.6) is 0 Å². The van der Waals surface area contributed by atoms with Crippen LogP contribution in [-0.2, 0) is 9.16 Å². The van der Waals surface area contributed by atoms with Gasteiger partial charge in [0.1, 0.15) is 0 Å². The minimum Gasteiger partial charge on any atom is -0.409 e. The summed E-state index contributed by atoms with van der Waals surface area (Å²) in [6.07, 6.45) is 3.17. The van der Waals surface area contributed by atoms with Crippen LogP contribution in [-0.4, -0.2) is 25.5 Å². The molecular formula is C21H35N3O2Si. The Hall–Kier alpha value is -1.42. The van der Waals surface area contributed by atoms with E-state index in [1.54, 1.807) is 12.4 Å². The third kappa shape index (κ3) is 4.21. The molecule has 0 amide bonds. The van der Waals surface area contributed by atoms with Crippen LogP contribution in [0.1, 0.15) is 66.6 Å². The van der Waals surface area contributed by atoms with E-state index in [1.165, 1.54) is 0 Å². The van der Waals surface area contributed by atoms with Gasteiger partial charge < -0.3 is 14.9 Å². The number of nitriles is 1. The number of aromatic nitrogens is 1. The van der Waals surface area contributed by atoms with Crippen LogP contribution < -0.4 is 5.73 Å². The molecule has 0 unspecified atom stereocenters. The molecule has 1 aliphatic heterocycles. The second kappa shape index (κ2) is 8.72. The van der Waals surface area contributed by atoms with Crippen molar-refractivity contribution < 1.29 is 9.16 Å². The number of hydrogen-bond acceptors (Lipinski definition) is 5. The Bertz CT molecular complexity index is 650. The second-order valence-electron chi connectivity index (χ2n) is 8.79. The molecule has 2 N–H and O–H groups in total. The van der Waals surface area contributed by atoms with E-state index < -0.39 is 14.4 Å². The average molecular weight is 390 g/mol. The molecule has 4 atom stereocenters. The van der Waals surface area contributed by atoms with Crippen LogP contribution in [0.15, 0.2) is 18.5 Å². The topological polar surface area (TPSA) is 81.2 Å². The Morgan fingerprint density at radius 2 is 1.81 bits per heavy atom. The monoisotopic (exact) mass is 389 g/mol. The molecule has 1 saturated heterocycles. The lowest BCUT2D eigenvalue weighted by Gasteiger charge is -2.48. The van der Waals surface area contributed by atoms with Gasteiger partial charge in [0, 0.05) is 11.8 Å². The number of hydrogen-bond donors (Lipinski definition) is 1. The molecule has 27 heavy (non-hydrogen) atoms. The fourth-order valence-corrected chi connectivity index (χ4v) is 10.6. The highest BCUT2D eigenvalue weighted by molar-refractivity contribution is 6.77. The predicted octanol–water partition coefficient (Wildman–Crippen LogP) is 5.21. The van der Waals surface area contributed by atoms with E-state index in [0.717, 1.165) is 12.0 Å². The molecule has 2 rings (SSSR count). The zero-order valence-corrected chi connectivity index (χ0v) is 18.8. The molecule has 2 heterocycles. The second-order valence-corrected chi connectivity index (χ2v) is 14.2. The largest absolute Gasteiger partial charge is 0.409 e. The number of rotatable bonds is 6. The summed E-state index contributed by atoms with van der Waals surface area (Å²) in [6.45, 7) is 15.8. The summed E-state index contributed by atoms with van der Waals surface area (Å²) in [4.78, 5) is 4.05. The lowest BCUT2D eigenvalue weighted by atomic mass is 9.88. The van der Waals surface area contributed by atoms with E-state index in [0.29, 0.717) is 22.3 Å². The fourth-order valence-electron chi connectivity index (χ4n) is 4.92. The highest BCUT2D eigenvalue weighted by atomic mass is 28.4. The number of nitrogen functional groups attached to an aromatic ring is 1.